The Hall–Kier alpha value is -1.78. The summed E-state index contributed by atoms with van der Waals surface area (Å²) in [5.74, 6) is -0.413. The molecule has 0 unspecified atom stereocenters. The molecular weight excluding hydrogens is 240 g/mol. The Morgan fingerprint density at radius 3 is 2.41 bits per heavy atom. The first-order valence-corrected chi connectivity index (χ1v) is 6.85. The number of Topliss-reactive ketones (excluding diaryl/α,β-unsaturated/α-hetero) is 1. The molecule has 0 N–H and O–H groups in total. The van der Waals surface area contributed by atoms with Crippen LogP contribution in [0.1, 0.15) is 18.9 Å². The van der Waals surface area contributed by atoms with Crippen LogP contribution in [-0.2, 0) is 14.6 Å². The molecular formula is C11H12N2O3S. The highest BCUT2D eigenvalue weighted by molar-refractivity contribution is 7.90. The first-order chi connectivity index (χ1) is 7.91. The quantitative estimate of drug-likeness (QED) is 0.456. The Kier molecular flexibility index (Phi) is 3.93. The second kappa shape index (κ2) is 5.03. The van der Waals surface area contributed by atoms with E-state index >= 15 is 0 Å². The Morgan fingerprint density at radius 2 is 1.94 bits per heavy atom. The Labute approximate surface area is 99.6 Å². The summed E-state index contributed by atoms with van der Waals surface area (Å²) in [4.78, 5) is 14.4. The zero-order valence-corrected chi connectivity index (χ0v) is 10.4. The number of carbonyl (C=O) groups is 1. The predicted octanol–water partition coefficient (Wildman–Crippen LogP) is 1.09. The van der Waals surface area contributed by atoms with Crippen molar-refractivity contribution in [1.29, 1.82) is 0 Å². The summed E-state index contributed by atoms with van der Waals surface area (Å²) >= 11 is 0. The van der Waals surface area contributed by atoms with E-state index in [1.165, 1.54) is 12.1 Å². The highest BCUT2D eigenvalue weighted by Gasteiger charge is 2.26. The molecule has 0 aliphatic carbocycles. The van der Waals surface area contributed by atoms with Gasteiger partial charge in [0.15, 0.2) is 9.84 Å². The van der Waals surface area contributed by atoms with Crippen molar-refractivity contribution in [2.75, 3.05) is 6.26 Å². The molecule has 0 atom stereocenters. The lowest BCUT2D eigenvalue weighted by molar-refractivity contribution is -0.116. The molecule has 1 rings (SSSR count). The predicted molar refractivity (Wildman–Crippen MR) is 62.6 cm³/mol. The van der Waals surface area contributed by atoms with Crippen molar-refractivity contribution in [3.63, 3.8) is 0 Å². The van der Waals surface area contributed by atoms with Gasteiger partial charge < -0.3 is 5.53 Å². The zero-order chi connectivity index (χ0) is 13.1. The minimum atomic E-state index is -3.47. The molecule has 0 heterocycles. The standard InChI is InChI=1S/C11H12N2O3S/c1-3-9(14)11(13-12)8-6-4-5-7-10(8)17(2,15)16/h4-7H,3H2,1-2H3. The van der Waals surface area contributed by atoms with Gasteiger partial charge in [0.05, 0.1) is 10.5 Å². The zero-order valence-electron chi connectivity index (χ0n) is 9.54. The SMILES string of the molecule is CCC(=O)C(=[N+]=[N-])c1ccccc1S(C)(=O)=O. The third-order valence-electron chi connectivity index (χ3n) is 2.23. The fourth-order valence-corrected chi connectivity index (χ4v) is 2.30. The molecule has 90 valence electrons. The van der Waals surface area contributed by atoms with Crippen LogP contribution < -0.4 is 0 Å². The number of benzene rings is 1. The van der Waals surface area contributed by atoms with Crippen molar-refractivity contribution in [2.24, 2.45) is 0 Å². The van der Waals surface area contributed by atoms with E-state index in [-0.39, 0.29) is 22.6 Å². The van der Waals surface area contributed by atoms with Crippen molar-refractivity contribution in [2.45, 2.75) is 18.2 Å². The monoisotopic (exact) mass is 252 g/mol. The molecule has 0 bridgehead atoms. The summed E-state index contributed by atoms with van der Waals surface area (Å²) in [6.45, 7) is 1.61. The van der Waals surface area contributed by atoms with Crippen LogP contribution >= 0.6 is 0 Å². The van der Waals surface area contributed by atoms with Crippen LogP contribution in [0.15, 0.2) is 29.2 Å². The Bertz CT molecular complexity index is 599. The number of rotatable bonds is 4. The third kappa shape index (κ3) is 2.87. The Balaban J connectivity index is 3.53. The van der Waals surface area contributed by atoms with Gasteiger partial charge in [-0.15, -0.1) is 0 Å². The largest absolute Gasteiger partial charge is 0.366 e. The van der Waals surface area contributed by atoms with Gasteiger partial charge in [-0.2, -0.15) is 4.79 Å². The van der Waals surface area contributed by atoms with Gasteiger partial charge in [0, 0.05) is 12.7 Å². The van der Waals surface area contributed by atoms with Crippen LogP contribution in [0.25, 0.3) is 5.53 Å². The van der Waals surface area contributed by atoms with Crippen LogP contribution in [-0.4, -0.2) is 31.0 Å². The minimum Gasteiger partial charge on any atom is -0.361 e. The molecule has 0 saturated carbocycles. The fraction of sp³-hybridized carbons (Fsp3) is 0.273. The number of hydrogen-bond donors (Lipinski definition) is 0. The van der Waals surface area contributed by atoms with Gasteiger partial charge in [0.25, 0.3) is 0 Å². The van der Waals surface area contributed by atoms with Crippen LogP contribution in [0.2, 0.25) is 0 Å². The number of ketones is 1. The molecule has 0 aromatic heterocycles. The summed E-state index contributed by atoms with van der Waals surface area (Å²) in [5.41, 5.74) is 8.74. The van der Waals surface area contributed by atoms with E-state index in [4.69, 9.17) is 5.53 Å². The van der Waals surface area contributed by atoms with E-state index in [9.17, 15) is 13.2 Å². The summed E-state index contributed by atoms with van der Waals surface area (Å²) in [7, 11) is -3.47. The average Bonchev–Trinajstić information content (AvgIpc) is 2.29. The lowest BCUT2D eigenvalue weighted by atomic mass is 10.1. The third-order valence-corrected chi connectivity index (χ3v) is 3.38. The highest BCUT2D eigenvalue weighted by Crippen LogP contribution is 2.16. The number of nitrogens with zero attached hydrogens (tertiary/aromatic N) is 2. The molecule has 0 aliphatic heterocycles. The second-order valence-electron chi connectivity index (χ2n) is 3.49. The summed E-state index contributed by atoms with van der Waals surface area (Å²) in [5, 5.41) is 0. The summed E-state index contributed by atoms with van der Waals surface area (Å²) in [6.07, 6.45) is 1.18. The second-order valence-corrected chi connectivity index (χ2v) is 5.48. The molecule has 1 aromatic carbocycles. The lowest BCUT2D eigenvalue weighted by Crippen LogP contribution is -2.18. The van der Waals surface area contributed by atoms with Gasteiger partial charge in [-0.3, -0.25) is 4.79 Å². The Morgan fingerprint density at radius 1 is 1.35 bits per heavy atom. The van der Waals surface area contributed by atoms with Gasteiger partial charge in [-0.1, -0.05) is 19.1 Å². The first kappa shape index (κ1) is 13.3. The maximum Gasteiger partial charge on any atom is 0.366 e. The summed E-state index contributed by atoms with van der Waals surface area (Å²) in [6, 6.07) is 5.95. The minimum absolute atomic E-state index is 0.0189. The van der Waals surface area contributed by atoms with E-state index in [1.807, 2.05) is 0 Å². The van der Waals surface area contributed by atoms with Crippen LogP contribution in [0.5, 0.6) is 0 Å². The summed E-state index contributed by atoms with van der Waals surface area (Å²) < 4.78 is 23.1. The van der Waals surface area contributed by atoms with E-state index < -0.39 is 15.6 Å². The van der Waals surface area contributed by atoms with Gasteiger partial charge in [0.1, 0.15) is 0 Å². The molecule has 6 heteroatoms. The van der Waals surface area contributed by atoms with Crippen molar-refractivity contribution in [1.82, 2.24) is 0 Å². The topological polar surface area (TPSA) is 87.6 Å². The van der Waals surface area contributed by atoms with Crippen molar-refractivity contribution in [3.05, 3.63) is 35.4 Å². The highest BCUT2D eigenvalue weighted by atomic mass is 32.2. The molecule has 0 spiro atoms. The van der Waals surface area contributed by atoms with E-state index in [1.54, 1.807) is 19.1 Å². The van der Waals surface area contributed by atoms with Crippen LogP contribution in [0.4, 0.5) is 0 Å². The molecule has 0 saturated heterocycles. The van der Waals surface area contributed by atoms with Gasteiger partial charge in [-0.25, -0.2) is 8.42 Å². The molecule has 0 fully saturated rings. The van der Waals surface area contributed by atoms with Crippen molar-refractivity contribution < 1.29 is 18.0 Å². The average molecular weight is 252 g/mol. The van der Waals surface area contributed by atoms with Crippen LogP contribution in [0.3, 0.4) is 0 Å². The molecule has 1 aromatic rings. The smallest absolute Gasteiger partial charge is 0.361 e. The number of carbonyl (C=O) groups excluding carboxylic acids is 1. The fourth-order valence-electron chi connectivity index (χ4n) is 1.41. The van der Waals surface area contributed by atoms with Gasteiger partial charge >= 0.3 is 5.71 Å². The molecule has 17 heavy (non-hydrogen) atoms. The molecule has 5 nitrogen and oxygen atoms in total. The number of hydrogen-bond acceptors (Lipinski definition) is 3. The maximum atomic E-state index is 11.5. The van der Waals surface area contributed by atoms with Crippen molar-refractivity contribution >= 4 is 21.3 Å². The van der Waals surface area contributed by atoms with Gasteiger partial charge in [-0.05, 0) is 12.1 Å². The van der Waals surface area contributed by atoms with E-state index in [0.29, 0.717) is 0 Å². The van der Waals surface area contributed by atoms with E-state index in [0.717, 1.165) is 6.26 Å². The number of sulfone groups is 1. The molecule has 0 radical (unpaired) electrons. The van der Waals surface area contributed by atoms with Crippen molar-refractivity contribution in [3.8, 4) is 0 Å². The molecule has 0 aliphatic rings. The van der Waals surface area contributed by atoms with Crippen LogP contribution in [0, 0.1) is 0 Å². The molecule has 0 amide bonds. The normalized spacial score (nSPS) is 10.7. The maximum absolute atomic E-state index is 11.5. The lowest BCUT2D eigenvalue weighted by Gasteiger charge is -2.02. The van der Waals surface area contributed by atoms with Gasteiger partial charge in [0.2, 0.25) is 5.78 Å². The van der Waals surface area contributed by atoms with E-state index in [2.05, 4.69) is 4.79 Å². The first-order valence-electron chi connectivity index (χ1n) is 4.96.